The Balaban J connectivity index is 0.00000392. The second-order valence-electron chi connectivity index (χ2n) is 6.91. The highest BCUT2D eigenvalue weighted by atomic mass is 127. The molecule has 1 aliphatic heterocycles. The van der Waals surface area contributed by atoms with Gasteiger partial charge in [-0.15, -0.1) is 24.0 Å². The van der Waals surface area contributed by atoms with Gasteiger partial charge >= 0.3 is 0 Å². The Bertz CT molecular complexity index is 637. The smallest absolute Gasteiger partial charge is 0.248 e. The number of carbonyl (C=O) groups is 1. The van der Waals surface area contributed by atoms with Crippen molar-refractivity contribution in [3.05, 3.63) is 11.7 Å². The number of aliphatic imine (C=N–C) groups is 1. The van der Waals surface area contributed by atoms with Gasteiger partial charge in [-0.05, 0) is 27.2 Å². The predicted octanol–water partition coefficient (Wildman–Crippen LogP) is 2.10. The van der Waals surface area contributed by atoms with Crippen LogP contribution >= 0.6 is 24.0 Å². The van der Waals surface area contributed by atoms with Gasteiger partial charge < -0.3 is 24.8 Å². The standard InChI is InChI=1S/C18H32N6O3.HI/c1-6-19-18(21-14-8-9-24(11-14)17(25)12(3)4)20-10-15-22-16(23-27-15)13(5)26-7-2;/h12-14H,6-11H2,1-5H3,(H2,19,20,21);1H. The normalized spacial score (nSPS) is 18.1. The van der Waals surface area contributed by atoms with E-state index in [1.54, 1.807) is 0 Å². The first-order chi connectivity index (χ1) is 12.9. The zero-order valence-electron chi connectivity index (χ0n) is 17.4. The highest BCUT2D eigenvalue weighted by Crippen LogP contribution is 2.14. The van der Waals surface area contributed by atoms with Crippen LogP contribution in [-0.4, -0.2) is 59.2 Å². The molecule has 0 saturated carbocycles. The van der Waals surface area contributed by atoms with E-state index in [4.69, 9.17) is 9.26 Å². The lowest BCUT2D eigenvalue weighted by molar-refractivity contribution is -0.133. The third-order valence-electron chi connectivity index (χ3n) is 4.32. The zero-order valence-corrected chi connectivity index (χ0v) is 19.7. The monoisotopic (exact) mass is 508 g/mol. The quantitative estimate of drug-likeness (QED) is 0.315. The Morgan fingerprint density at radius 2 is 2.14 bits per heavy atom. The van der Waals surface area contributed by atoms with E-state index in [2.05, 4.69) is 25.8 Å². The number of ether oxygens (including phenoxy) is 1. The maximum atomic E-state index is 12.1. The molecule has 0 radical (unpaired) electrons. The van der Waals surface area contributed by atoms with Gasteiger partial charge in [-0.1, -0.05) is 19.0 Å². The number of nitrogens with zero attached hydrogens (tertiary/aromatic N) is 4. The lowest BCUT2D eigenvalue weighted by Crippen LogP contribution is -2.45. The van der Waals surface area contributed by atoms with Crippen molar-refractivity contribution in [3.63, 3.8) is 0 Å². The van der Waals surface area contributed by atoms with Crippen molar-refractivity contribution in [2.24, 2.45) is 10.9 Å². The van der Waals surface area contributed by atoms with Gasteiger partial charge in [-0.2, -0.15) is 4.98 Å². The van der Waals surface area contributed by atoms with Crippen molar-refractivity contribution in [2.45, 2.75) is 59.7 Å². The highest BCUT2D eigenvalue weighted by molar-refractivity contribution is 14.0. The molecular formula is C18H33IN6O3. The zero-order chi connectivity index (χ0) is 19.8. The number of amides is 1. The van der Waals surface area contributed by atoms with E-state index < -0.39 is 0 Å². The molecule has 1 aromatic heterocycles. The fourth-order valence-electron chi connectivity index (χ4n) is 2.93. The topological polar surface area (TPSA) is 105 Å². The van der Waals surface area contributed by atoms with E-state index in [0.29, 0.717) is 30.8 Å². The Hall–Kier alpha value is -1.43. The largest absolute Gasteiger partial charge is 0.371 e. The van der Waals surface area contributed by atoms with Crippen LogP contribution in [0.2, 0.25) is 0 Å². The van der Waals surface area contributed by atoms with Gasteiger partial charge in [0.2, 0.25) is 11.8 Å². The lowest BCUT2D eigenvalue weighted by atomic mass is 10.2. The molecule has 2 unspecified atom stereocenters. The average molecular weight is 508 g/mol. The molecule has 2 atom stereocenters. The third-order valence-corrected chi connectivity index (χ3v) is 4.32. The van der Waals surface area contributed by atoms with E-state index >= 15 is 0 Å². The van der Waals surface area contributed by atoms with Crippen LogP contribution < -0.4 is 10.6 Å². The minimum Gasteiger partial charge on any atom is -0.371 e. The minimum atomic E-state index is -0.203. The first kappa shape index (κ1) is 24.6. The van der Waals surface area contributed by atoms with Crippen LogP contribution in [0.15, 0.2) is 9.52 Å². The Morgan fingerprint density at radius 1 is 1.39 bits per heavy atom. The number of aromatic nitrogens is 2. The molecule has 28 heavy (non-hydrogen) atoms. The Labute approximate surface area is 184 Å². The predicted molar refractivity (Wildman–Crippen MR) is 118 cm³/mol. The van der Waals surface area contributed by atoms with E-state index in [1.807, 2.05) is 39.5 Å². The van der Waals surface area contributed by atoms with E-state index in [9.17, 15) is 4.79 Å². The fraction of sp³-hybridized carbons (Fsp3) is 0.778. The van der Waals surface area contributed by atoms with E-state index in [0.717, 1.165) is 19.5 Å². The summed E-state index contributed by atoms with van der Waals surface area (Å²) in [5.74, 6) is 1.87. The molecule has 0 aromatic carbocycles. The van der Waals surface area contributed by atoms with Crippen LogP contribution in [0.1, 0.15) is 58.9 Å². The van der Waals surface area contributed by atoms with Gasteiger partial charge in [-0.25, -0.2) is 4.99 Å². The molecule has 0 spiro atoms. The molecule has 160 valence electrons. The number of guanidine groups is 1. The molecule has 9 nitrogen and oxygen atoms in total. The highest BCUT2D eigenvalue weighted by Gasteiger charge is 2.28. The third kappa shape index (κ3) is 7.19. The number of nitrogens with one attached hydrogen (secondary N) is 2. The summed E-state index contributed by atoms with van der Waals surface area (Å²) >= 11 is 0. The van der Waals surface area contributed by atoms with Gasteiger partial charge in [0.1, 0.15) is 12.6 Å². The molecule has 2 N–H and O–H groups in total. The molecule has 1 saturated heterocycles. The van der Waals surface area contributed by atoms with Gasteiger partial charge in [0.05, 0.1) is 0 Å². The fourth-order valence-corrected chi connectivity index (χ4v) is 2.93. The molecule has 0 aliphatic carbocycles. The second-order valence-corrected chi connectivity index (χ2v) is 6.91. The number of likely N-dealkylation sites (tertiary alicyclic amines) is 1. The van der Waals surface area contributed by atoms with Crippen molar-refractivity contribution >= 4 is 35.8 Å². The number of hydrogen-bond donors (Lipinski definition) is 2. The number of rotatable bonds is 8. The van der Waals surface area contributed by atoms with Crippen LogP contribution in [0.25, 0.3) is 0 Å². The van der Waals surface area contributed by atoms with E-state index in [-0.39, 0.29) is 54.5 Å². The number of carbonyl (C=O) groups excluding carboxylic acids is 1. The van der Waals surface area contributed by atoms with Crippen LogP contribution in [0.4, 0.5) is 0 Å². The first-order valence-electron chi connectivity index (χ1n) is 9.72. The maximum absolute atomic E-state index is 12.1. The Kier molecular flexibility index (Phi) is 10.7. The summed E-state index contributed by atoms with van der Waals surface area (Å²) in [6.07, 6.45) is 0.699. The minimum absolute atomic E-state index is 0. The van der Waals surface area contributed by atoms with Crippen LogP contribution in [0.5, 0.6) is 0 Å². The molecular weight excluding hydrogens is 475 g/mol. The van der Waals surface area contributed by atoms with Crippen molar-refractivity contribution in [3.8, 4) is 0 Å². The lowest BCUT2D eigenvalue weighted by Gasteiger charge is -2.20. The SMILES string of the molecule is CCNC(=NCc1nc(C(C)OCC)no1)NC1CCN(C(=O)C(C)C)C1.I. The van der Waals surface area contributed by atoms with Gasteiger partial charge in [0, 0.05) is 38.2 Å². The summed E-state index contributed by atoms with van der Waals surface area (Å²) in [5.41, 5.74) is 0. The summed E-state index contributed by atoms with van der Waals surface area (Å²) in [5, 5.41) is 10.6. The Morgan fingerprint density at radius 3 is 2.79 bits per heavy atom. The molecule has 1 fully saturated rings. The van der Waals surface area contributed by atoms with E-state index in [1.165, 1.54) is 0 Å². The van der Waals surface area contributed by atoms with Crippen molar-refractivity contribution in [2.75, 3.05) is 26.2 Å². The van der Waals surface area contributed by atoms with Crippen LogP contribution in [-0.2, 0) is 16.1 Å². The molecule has 10 heteroatoms. The van der Waals surface area contributed by atoms with Gasteiger partial charge in [0.15, 0.2) is 11.8 Å². The van der Waals surface area contributed by atoms with Gasteiger partial charge in [-0.3, -0.25) is 4.79 Å². The van der Waals surface area contributed by atoms with Crippen LogP contribution in [0, 0.1) is 5.92 Å². The average Bonchev–Trinajstić information content (AvgIpc) is 3.29. The van der Waals surface area contributed by atoms with Crippen molar-refractivity contribution < 1.29 is 14.1 Å². The van der Waals surface area contributed by atoms with Gasteiger partial charge in [0.25, 0.3) is 0 Å². The molecule has 1 amide bonds. The first-order valence-corrected chi connectivity index (χ1v) is 9.72. The molecule has 1 aromatic rings. The van der Waals surface area contributed by atoms with Crippen molar-refractivity contribution in [1.82, 2.24) is 25.7 Å². The summed E-state index contributed by atoms with van der Waals surface area (Å²) < 4.78 is 10.7. The van der Waals surface area contributed by atoms with Crippen molar-refractivity contribution in [1.29, 1.82) is 0 Å². The molecule has 2 rings (SSSR count). The summed E-state index contributed by atoms with van der Waals surface area (Å²) in [4.78, 5) is 22.9. The molecule has 0 bridgehead atoms. The maximum Gasteiger partial charge on any atom is 0.248 e. The molecule has 1 aliphatic rings. The van der Waals surface area contributed by atoms with Crippen LogP contribution in [0.3, 0.4) is 0 Å². The molecule has 2 heterocycles. The number of hydrogen-bond acceptors (Lipinski definition) is 6. The summed E-state index contributed by atoms with van der Waals surface area (Å²) in [6.45, 7) is 12.8. The summed E-state index contributed by atoms with van der Waals surface area (Å²) in [6, 6.07) is 0.182. The second kappa shape index (κ2) is 12.2. The summed E-state index contributed by atoms with van der Waals surface area (Å²) in [7, 11) is 0. The number of halogens is 1.